The minimum atomic E-state index is -4.74. The Morgan fingerprint density at radius 3 is 2.22 bits per heavy atom. The summed E-state index contributed by atoms with van der Waals surface area (Å²) in [4.78, 5) is 14.6. The molecule has 5 nitrogen and oxygen atoms in total. The second-order valence-corrected chi connectivity index (χ2v) is 7.45. The quantitative estimate of drug-likeness (QED) is 0.203. The maximum Gasteiger partial charge on any atom is 0.416 e. The van der Waals surface area contributed by atoms with E-state index in [1.54, 1.807) is 0 Å². The van der Waals surface area contributed by atoms with Crippen LogP contribution in [0.3, 0.4) is 0 Å². The van der Waals surface area contributed by atoms with Crippen molar-refractivity contribution in [1.82, 2.24) is 0 Å². The lowest BCUT2D eigenvalue weighted by molar-refractivity contribution is -0.385. The topological polar surface area (TPSA) is 64.7 Å². The van der Waals surface area contributed by atoms with Gasteiger partial charge in [0, 0.05) is 12.3 Å². The number of ether oxygens (including phenoxy) is 1. The highest BCUT2D eigenvalue weighted by Crippen LogP contribution is 2.42. The predicted octanol–water partition coefficient (Wildman–Crippen LogP) is 8.03. The molecule has 0 aliphatic rings. The van der Waals surface area contributed by atoms with Gasteiger partial charge in [-0.1, -0.05) is 42.3 Å². The van der Waals surface area contributed by atoms with E-state index in [4.69, 9.17) is 27.9 Å². The number of aliphatic imine (C=N–C) groups is 1. The van der Waals surface area contributed by atoms with Gasteiger partial charge in [-0.15, -0.1) is 0 Å². The average Bonchev–Trinajstić information content (AvgIpc) is 2.74. The van der Waals surface area contributed by atoms with Crippen molar-refractivity contribution in [2.75, 3.05) is 0 Å². The van der Waals surface area contributed by atoms with Crippen LogP contribution in [-0.2, 0) is 12.6 Å². The van der Waals surface area contributed by atoms with Crippen LogP contribution in [-0.4, -0.2) is 11.1 Å². The number of hydrogen-bond donors (Lipinski definition) is 0. The monoisotopic (exact) mass is 482 g/mol. The molecule has 0 saturated heterocycles. The third-order valence-electron chi connectivity index (χ3n) is 4.42. The zero-order valence-electron chi connectivity index (χ0n) is 16.5. The normalized spacial score (nSPS) is 11.7. The summed E-state index contributed by atoms with van der Waals surface area (Å²) in [6.45, 7) is 2.05. The van der Waals surface area contributed by atoms with E-state index in [-0.39, 0.29) is 15.8 Å². The second kappa shape index (κ2) is 9.58. The first-order valence-corrected chi connectivity index (χ1v) is 9.99. The van der Waals surface area contributed by atoms with Crippen LogP contribution < -0.4 is 4.74 Å². The van der Waals surface area contributed by atoms with E-state index in [2.05, 4.69) is 4.99 Å². The lowest BCUT2D eigenvalue weighted by atomic mass is 10.1. The molecule has 0 radical (unpaired) electrons. The zero-order valence-corrected chi connectivity index (χ0v) is 18.0. The average molecular weight is 483 g/mol. The molecule has 0 amide bonds. The van der Waals surface area contributed by atoms with Crippen molar-refractivity contribution in [2.45, 2.75) is 19.5 Å². The maximum atomic E-state index is 12.9. The van der Waals surface area contributed by atoms with E-state index < -0.39 is 28.1 Å². The standard InChI is InChI=1S/C22H15Cl2F3N2O3/c1-2-13-3-6-16(7-4-13)28-12-14-9-17(23)21(18(24)10-14)32-20-8-5-15(22(25,26)27)11-19(20)29(30)31/h3-12H,2H2,1H3. The van der Waals surface area contributed by atoms with Crippen LogP contribution in [0.25, 0.3) is 0 Å². The van der Waals surface area contributed by atoms with E-state index in [9.17, 15) is 23.3 Å². The number of aryl methyl sites for hydroxylation is 1. The van der Waals surface area contributed by atoms with Gasteiger partial charge in [0.1, 0.15) is 0 Å². The first-order chi connectivity index (χ1) is 15.1. The van der Waals surface area contributed by atoms with Crippen LogP contribution in [0.1, 0.15) is 23.6 Å². The fourth-order valence-electron chi connectivity index (χ4n) is 2.75. The van der Waals surface area contributed by atoms with Gasteiger partial charge in [0.2, 0.25) is 5.75 Å². The maximum absolute atomic E-state index is 12.9. The molecule has 0 aliphatic heterocycles. The van der Waals surface area contributed by atoms with Crippen molar-refractivity contribution in [3.63, 3.8) is 0 Å². The Balaban J connectivity index is 1.88. The van der Waals surface area contributed by atoms with Crippen LogP contribution in [0.5, 0.6) is 11.5 Å². The SMILES string of the molecule is CCc1ccc(N=Cc2cc(Cl)c(Oc3ccc(C(F)(F)F)cc3[N+](=O)[O-])c(Cl)c2)cc1. The van der Waals surface area contributed by atoms with Crippen molar-refractivity contribution in [3.05, 3.63) is 91.4 Å². The summed E-state index contributed by atoms with van der Waals surface area (Å²) in [5.41, 5.74) is 0.387. The predicted molar refractivity (Wildman–Crippen MR) is 118 cm³/mol. The van der Waals surface area contributed by atoms with E-state index >= 15 is 0 Å². The highest BCUT2D eigenvalue weighted by Gasteiger charge is 2.33. The van der Waals surface area contributed by atoms with Gasteiger partial charge in [-0.05, 0) is 53.9 Å². The van der Waals surface area contributed by atoms with Gasteiger partial charge in [-0.25, -0.2) is 0 Å². The van der Waals surface area contributed by atoms with E-state index in [0.717, 1.165) is 18.2 Å². The summed E-state index contributed by atoms with van der Waals surface area (Å²) in [7, 11) is 0. The van der Waals surface area contributed by atoms with Gasteiger partial charge in [0.05, 0.1) is 26.2 Å². The van der Waals surface area contributed by atoms with Crippen LogP contribution in [0.2, 0.25) is 10.0 Å². The highest BCUT2D eigenvalue weighted by atomic mass is 35.5. The van der Waals surface area contributed by atoms with Crippen LogP contribution in [0, 0.1) is 10.1 Å². The fourth-order valence-corrected chi connectivity index (χ4v) is 3.33. The summed E-state index contributed by atoms with van der Waals surface area (Å²) >= 11 is 12.4. The van der Waals surface area contributed by atoms with Crippen molar-refractivity contribution < 1.29 is 22.8 Å². The molecule has 0 atom stereocenters. The molecular weight excluding hydrogens is 468 g/mol. The van der Waals surface area contributed by atoms with Gasteiger partial charge < -0.3 is 4.74 Å². The van der Waals surface area contributed by atoms with Gasteiger partial charge in [-0.2, -0.15) is 13.2 Å². The van der Waals surface area contributed by atoms with Gasteiger partial charge in [0.25, 0.3) is 0 Å². The number of hydrogen-bond acceptors (Lipinski definition) is 4. The van der Waals surface area contributed by atoms with Gasteiger partial charge >= 0.3 is 11.9 Å². The molecule has 10 heteroatoms. The minimum absolute atomic E-state index is 0.00877. The minimum Gasteiger partial charge on any atom is -0.447 e. The molecule has 0 unspecified atom stereocenters. The first-order valence-electron chi connectivity index (χ1n) is 9.24. The van der Waals surface area contributed by atoms with Crippen molar-refractivity contribution >= 4 is 40.8 Å². The lowest BCUT2D eigenvalue weighted by Gasteiger charge is -2.12. The van der Waals surface area contributed by atoms with E-state index in [1.165, 1.54) is 23.9 Å². The number of nitrogens with zero attached hydrogens (tertiary/aromatic N) is 2. The lowest BCUT2D eigenvalue weighted by Crippen LogP contribution is -2.06. The number of halogens is 5. The smallest absolute Gasteiger partial charge is 0.416 e. The number of nitro groups is 1. The molecule has 3 aromatic carbocycles. The molecule has 0 spiro atoms. The molecule has 166 valence electrons. The number of alkyl halides is 3. The summed E-state index contributed by atoms with van der Waals surface area (Å²) in [6, 6.07) is 12.5. The summed E-state index contributed by atoms with van der Waals surface area (Å²) in [5, 5.41) is 11.3. The number of benzene rings is 3. The van der Waals surface area contributed by atoms with E-state index in [0.29, 0.717) is 17.7 Å². The zero-order chi connectivity index (χ0) is 23.5. The molecule has 0 aromatic heterocycles. The largest absolute Gasteiger partial charge is 0.447 e. The number of nitro benzene ring substituents is 1. The fraction of sp³-hybridized carbons (Fsp3) is 0.136. The molecular formula is C22H15Cl2F3N2O3. The molecule has 32 heavy (non-hydrogen) atoms. The third-order valence-corrected chi connectivity index (χ3v) is 4.98. The molecule has 0 fully saturated rings. The summed E-state index contributed by atoms with van der Waals surface area (Å²) < 4.78 is 44.1. The first kappa shape index (κ1) is 23.6. The summed E-state index contributed by atoms with van der Waals surface area (Å²) in [5.74, 6) is -0.551. The molecule has 3 rings (SSSR count). The molecule has 0 saturated carbocycles. The van der Waals surface area contributed by atoms with Gasteiger partial charge in [-0.3, -0.25) is 15.1 Å². The van der Waals surface area contributed by atoms with Crippen LogP contribution in [0.4, 0.5) is 24.5 Å². The molecule has 0 heterocycles. The summed E-state index contributed by atoms with van der Waals surface area (Å²) in [6.07, 6.45) is -2.30. The third kappa shape index (κ3) is 5.57. The van der Waals surface area contributed by atoms with Crippen molar-refractivity contribution in [2.24, 2.45) is 4.99 Å². The van der Waals surface area contributed by atoms with E-state index in [1.807, 2.05) is 31.2 Å². The molecule has 0 N–H and O–H groups in total. The molecule has 0 bridgehead atoms. The van der Waals surface area contributed by atoms with Crippen molar-refractivity contribution in [1.29, 1.82) is 0 Å². The highest BCUT2D eigenvalue weighted by molar-refractivity contribution is 6.37. The second-order valence-electron chi connectivity index (χ2n) is 6.63. The van der Waals surface area contributed by atoms with Crippen molar-refractivity contribution in [3.8, 4) is 11.5 Å². The van der Waals surface area contributed by atoms with Crippen LogP contribution in [0.15, 0.2) is 59.6 Å². The Labute approximate surface area is 191 Å². The Morgan fingerprint density at radius 1 is 1.06 bits per heavy atom. The Bertz CT molecular complexity index is 1160. The molecule has 0 aliphatic carbocycles. The van der Waals surface area contributed by atoms with Crippen LogP contribution >= 0.6 is 23.2 Å². The Hall–Kier alpha value is -3.10. The van der Waals surface area contributed by atoms with Gasteiger partial charge in [0.15, 0.2) is 5.75 Å². The Morgan fingerprint density at radius 2 is 1.69 bits per heavy atom. The number of rotatable bonds is 6. The molecule has 3 aromatic rings. The Kier molecular flexibility index (Phi) is 7.06.